The van der Waals surface area contributed by atoms with Crippen LogP contribution in [0.1, 0.15) is 38.9 Å². The van der Waals surface area contributed by atoms with E-state index in [1.807, 2.05) is 37.3 Å². The highest BCUT2D eigenvalue weighted by Gasteiger charge is 2.13. The Labute approximate surface area is 119 Å². The van der Waals surface area contributed by atoms with Crippen molar-refractivity contribution in [3.8, 4) is 0 Å². The summed E-state index contributed by atoms with van der Waals surface area (Å²) in [7, 11) is 0. The van der Waals surface area contributed by atoms with Crippen molar-refractivity contribution >= 4 is 11.9 Å². The lowest BCUT2D eigenvalue weighted by Crippen LogP contribution is -2.11. The number of carbonyl (C=O) groups excluding carboxylic acids is 2. The van der Waals surface area contributed by atoms with E-state index in [-0.39, 0.29) is 12.2 Å². The van der Waals surface area contributed by atoms with Gasteiger partial charge in [0.05, 0.1) is 6.10 Å². The summed E-state index contributed by atoms with van der Waals surface area (Å²) in [4.78, 5) is 22.9. The van der Waals surface area contributed by atoms with Crippen molar-refractivity contribution in [3.63, 3.8) is 0 Å². The van der Waals surface area contributed by atoms with Crippen LogP contribution in [0, 0.1) is 0 Å². The summed E-state index contributed by atoms with van der Waals surface area (Å²) in [6.45, 7) is 5.42. The number of ether oxygens (including phenoxy) is 2. The number of hydrogen-bond donors (Lipinski definition) is 0. The Bertz CT molecular complexity index is 463. The maximum atomic E-state index is 11.7. The molecule has 1 unspecified atom stereocenters. The Morgan fingerprint density at radius 2 is 1.60 bits per heavy atom. The van der Waals surface area contributed by atoms with Crippen LogP contribution >= 0.6 is 0 Å². The van der Waals surface area contributed by atoms with Gasteiger partial charge in [0, 0.05) is 12.2 Å². The Kier molecular flexibility index (Phi) is 6.50. The third-order valence-corrected chi connectivity index (χ3v) is 2.51. The summed E-state index contributed by atoms with van der Waals surface area (Å²) in [5.74, 6) is -1.11. The number of esters is 2. The van der Waals surface area contributed by atoms with Crippen molar-refractivity contribution in [3.05, 3.63) is 48.0 Å². The van der Waals surface area contributed by atoms with E-state index in [1.54, 1.807) is 13.8 Å². The van der Waals surface area contributed by atoms with Gasteiger partial charge >= 0.3 is 11.9 Å². The van der Waals surface area contributed by atoms with Crippen LogP contribution in [-0.4, -0.2) is 18.0 Å². The van der Waals surface area contributed by atoms with E-state index in [9.17, 15) is 9.59 Å². The van der Waals surface area contributed by atoms with E-state index in [4.69, 9.17) is 9.47 Å². The molecule has 0 fully saturated rings. The van der Waals surface area contributed by atoms with E-state index in [2.05, 4.69) is 0 Å². The minimum atomic E-state index is -0.554. The summed E-state index contributed by atoms with van der Waals surface area (Å²) < 4.78 is 10.2. The van der Waals surface area contributed by atoms with E-state index in [0.717, 1.165) is 17.7 Å². The van der Waals surface area contributed by atoms with Crippen LogP contribution in [0.3, 0.4) is 0 Å². The molecule has 4 nitrogen and oxygen atoms in total. The SMILES string of the molecule is CCC(OC(=O)/C=C/C(=O)OC(C)C)c1ccccc1. The van der Waals surface area contributed by atoms with Crippen LogP contribution in [-0.2, 0) is 19.1 Å². The number of carbonyl (C=O) groups is 2. The van der Waals surface area contributed by atoms with Gasteiger partial charge in [0.25, 0.3) is 0 Å². The topological polar surface area (TPSA) is 52.6 Å². The number of hydrogen-bond acceptors (Lipinski definition) is 4. The first-order valence-corrected chi connectivity index (χ1v) is 6.67. The molecule has 1 atom stereocenters. The molecular weight excluding hydrogens is 256 g/mol. The molecule has 0 spiro atoms. The van der Waals surface area contributed by atoms with Crippen molar-refractivity contribution in [2.75, 3.05) is 0 Å². The molecule has 1 aromatic rings. The van der Waals surface area contributed by atoms with Gasteiger partial charge in [0.2, 0.25) is 0 Å². The highest BCUT2D eigenvalue weighted by Crippen LogP contribution is 2.20. The van der Waals surface area contributed by atoms with Gasteiger partial charge in [-0.2, -0.15) is 0 Å². The summed E-state index contributed by atoms with van der Waals surface area (Å²) in [6, 6.07) is 9.49. The standard InChI is InChI=1S/C16H20O4/c1-4-14(13-8-6-5-7-9-13)20-16(18)11-10-15(17)19-12(2)3/h5-12,14H,4H2,1-3H3/b11-10+. The van der Waals surface area contributed by atoms with Gasteiger partial charge in [-0.1, -0.05) is 37.3 Å². The lowest BCUT2D eigenvalue weighted by atomic mass is 10.1. The van der Waals surface area contributed by atoms with Crippen LogP contribution in [0.2, 0.25) is 0 Å². The molecule has 0 aliphatic carbocycles. The zero-order valence-corrected chi connectivity index (χ0v) is 12.0. The maximum Gasteiger partial charge on any atom is 0.331 e. The van der Waals surface area contributed by atoms with Crippen LogP contribution in [0.15, 0.2) is 42.5 Å². The maximum absolute atomic E-state index is 11.7. The Morgan fingerprint density at radius 1 is 1.05 bits per heavy atom. The summed E-state index contributed by atoms with van der Waals surface area (Å²) in [5, 5.41) is 0. The first-order chi connectivity index (χ1) is 9.52. The Balaban J connectivity index is 2.56. The van der Waals surface area contributed by atoms with Crippen molar-refractivity contribution in [1.82, 2.24) is 0 Å². The van der Waals surface area contributed by atoms with E-state index >= 15 is 0 Å². The average molecular weight is 276 g/mol. The fraction of sp³-hybridized carbons (Fsp3) is 0.375. The molecule has 0 N–H and O–H groups in total. The second-order valence-electron chi connectivity index (χ2n) is 4.56. The van der Waals surface area contributed by atoms with Gasteiger partial charge in [-0.05, 0) is 25.8 Å². The molecule has 1 aromatic carbocycles. The molecule has 0 bridgehead atoms. The zero-order chi connectivity index (χ0) is 15.0. The number of benzene rings is 1. The molecule has 0 saturated carbocycles. The van der Waals surface area contributed by atoms with Crippen molar-refractivity contribution in [1.29, 1.82) is 0 Å². The predicted molar refractivity (Wildman–Crippen MR) is 75.9 cm³/mol. The van der Waals surface area contributed by atoms with Crippen LogP contribution in [0.25, 0.3) is 0 Å². The average Bonchev–Trinajstić information content (AvgIpc) is 2.43. The lowest BCUT2D eigenvalue weighted by molar-refractivity contribution is -0.145. The molecular formula is C16H20O4. The fourth-order valence-electron chi connectivity index (χ4n) is 1.64. The largest absolute Gasteiger partial charge is 0.460 e. The minimum Gasteiger partial charge on any atom is -0.460 e. The first-order valence-electron chi connectivity index (χ1n) is 6.67. The van der Waals surface area contributed by atoms with Gasteiger partial charge in [-0.15, -0.1) is 0 Å². The molecule has 108 valence electrons. The summed E-state index contributed by atoms with van der Waals surface area (Å²) in [6.07, 6.45) is 2.32. The molecule has 1 rings (SSSR count). The van der Waals surface area contributed by atoms with E-state index in [0.29, 0.717) is 6.42 Å². The second-order valence-corrected chi connectivity index (χ2v) is 4.56. The first kappa shape index (κ1) is 16.0. The quantitative estimate of drug-likeness (QED) is 0.591. The van der Waals surface area contributed by atoms with Crippen molar-refractivity contribution < 1.29 is 19.1 Å². The number of rotatable bonds is 6. The van der Waals surface area contributed by atoms with Crippen LogP contribution in [0.4, 0.5) is 0 Å². The van der Waals surface area contributed by atoms with Gasteiger partial charge in [0.15, 0.2) is 0 Å². The highest BCUT2D eigenvalue weighted by atomic mass is 16.5. The monoisotopic (exact) mass is 276 g/mol. The van der Waals surface area contributed by atoms with Crippen molar-refractivity contribution in [2.24, 2.45) is 0 Å². The Hall–Kier alpha value is -2.10. The van der Waals surface area contributed by atoms with Gasteiger partial charge < -0.3 is 9.47 Å². The minimum absolute atomic E-state index is 0.212. The molecule has 0 saturated heterocycles. The van der Waals surface area contributed by atoms with Gasteiger partial charge in [0.1, 0.15) is 6.10 Å². The molecule has 0 aromatic heterocycles. The molecule has 0 heterocycles. The molecule has 4 heteroatoms. The van der Waals surface area contributed by atoms with Gasteiger partial charge in [-0.25, -0.2) is 9.59 Å². The molecule has 0 radical (unpaired) electrons. The normalized spacial score (nSPS) is 12.4. The summed E-state index contributed by atoms with van der Waals surface area (Å²) >= 11 is 0. The summed E-state index contributed by atoms with van der Waals surface area (Å²) in [5.41, 5.74) is 0.932. The van der Waals surface area contributed by atoms with E-state index < -0.39 is 11.9 Å². The molecule has 0 amide bonds. The van der Waals surface area contributed by atoms with Gasteiger partial charge in [-0.3, -0.25) is 0 Å². The van der Waals surface area contributed by atoms with Crippen LogP contribution < -0.4 is 0 Å². The molecule has 20 heavy (non-hydrogen) atoms. The van der Waals surface area contributed by atoms with E-state index in [1.165, 1.54) is 0 Å². The molecule has 0 aliphatic rings. The molecule has 0 aliphatic heterocycles. The predicted octanol–water partition coefficient (Wildman–Crippen LogP) is 3.19. The zero-order valence-electron chi connectivity index (χ0n) is 12.0. The smallest absolute Gasteiger partial charge is 0.331 e. The van der Waals surface area contributed by atoms with Crippen molar-refractivity contribution in [2.45, 2.75) is 39.4 Å². The second kappa shape index (κ2) is 8.15. The Morgan fingerprint density at radius 3 is 2.10 bits per heavy atom. The highest BCUT2D eigenvalue weighted by molar-refractivity contribution is 5.91. The third-order valence-electron chi connectivity index (χ3n) is 2.51. The fourth-order valence-corrected chi connectivity index (χ4v) is 1.64. The lowest BCUT2D eigenvalue weighted by Gasteiger charge is -2.15. The van der Waals surface area contributed by atoms with Crippen LogP contribution in [0.5, 0.6) is 0 Å². The third kappa shape index (κ3) is 5.69.